The van der Waals surface area contributed by atoms with Gasteiger partial charge in [0.15, 0.2) is 0 Å². The first-order valence-electron chi connectivity index (χ1n) is 9.20. The quantitative estimate of drug-likeness (QED) is 0.614. The van der Waals surface area contributed by atoms with Crippen LogP contribution in [0.2, 0.25) is 0 Å². The molecule has 1 heterocycles. The zero-order chi connectivity index (χ0) is 17.4. The van der Waals surface area contributed by atoms with Crippen molar-refractivity contribution in [1.82, 2.24) is 10.2 Å². The molecule has 2 rings (SSSR count). The molecule has 0 atom stereocenters. The largest absolute Gasteiger partial charge is 0.466 e. The first kappa shape index (κ1) is 18.7. The van der Waals surface area contributed by atoms with Crippen LogP contribution in [0.3, 0.4) is 0 Å². The second kappa shape index (κ2) is 9.03. The number of piperidine rings is 1. The molecule has 24 heavy (non-hydrogen) atoms. The van der Waals surface area contributed by atoms with E-state index in [9.17, 15) is 14.9 Å². The number of hydrogen-bond donors (Lipinski definition) is 1. The van der Waals surface area contributed by atoms with E-state index in [0.29, 0.717) is 13.2 Å². The molecule has 2 aliphatic rings. The zero-order valence-corrected chi connectivity index (χ0v) is 14.7. The first-order valence-corrected chi connectivity index (χ1v) is 9.20. The molecule has 6 heteroatoms. The van der Waals surface area contributed by atoms with Crippen LogP contribution < -0.4 is 5.32 Å². The molecule has 1 aliphatic carbocycles. The Kier molecular flexibility index (Phi) is 7.04. The summed E-state index contributed by atoms with van der Waals surface area (Å²) in [5, 5.41) is 12.5. The molecule has 0 aromatic heterocycles. The standard InChI is InChI=1S/C18H29N3O3/c1-2-24-17(23)15-7-11-21(12-8-15)13-16(22)20-18(14-19)9-5-3-4-6-10-18/h15H,2-13H2,1H3,(H,20,22). The highest BCUT2D eigenvalue weighted by molar-refractivity contribution is 5.79. The van der Waals surface area contributed by atoms with Crippen molar-refractivity contribution in [2.24, 2.45) is 5.92 Å². The number of nitrogens with one attached hydrogen (secondary N) is 1. The third-order valence-electron chi connectivity index (χ3n) is 5.12. The molecule has 6 nitrogen and oxygen atoms in total. The molecule has 0 spiro atoms. The number of nitrogens with zero attached hydrogens (tertiary/aromatic N) is 2. The summed E-state index contributed by atoms with van der Waals surface area (Å²) in [5.74, 6) is -0.243. The second-order valence-electron chi connectivity index (χ2n) is 6.96. The zero-order valence-electron chi connectivity index (χ0n) is 14.7. The van der Waals surface area contributed by atoms with E-state index >= 15 is 0 Å². The summed E-state index contributed by atoms with van der Waals surface area (Å²) in [4.78, 5) is 26.2. The first-order chi connectivity index (χ1) is 11.6. The molecule has 134 valence electrons. The van der Waals surface area contributed by atoms with Crippen LogP contribution in [0.1, 0.15) is 58.3 Å². The van der Waals surface area contributed by atoms with Gasteiger partial charge < -0.3 is 10.1 Å². The molecular formula is C18H29N3O3. The molecule has 1 aliphatic heterocycles. The molecule has 1 saturated heterocycles. The van der Waals surface area contributed by atoms with Gasteiger partial charge in [-0.1, -0.05) is 25.7 Å². The van der Waals surface area contributed by atoms with Gasteiger partial charge in [0.1, 0.15) is 5.54 Å². The van der Waals surface area contributed by atoms with E-state index < -0.39 is 5.54 Å². The molecular weight excluding hydrogens is 306 g/mol. The van der Waals surface area contributed by atoms with Gasteiger partial charge in [-0.05, 0) is 45.7 Å². The van der Waals surface area contributed by atoms with Gasteiger partial charge in [0.25, 0.3) is 0 Å². The van der Waals surface area contributed by atoms with Crippen molar-refractivity contribution in [3.63, 3.8) is 0 Å². The molecule has 1 amide bonds. The maximum absolute atomic E-state index is 12.4. The minimum Gasteiger partial charge on any atom is -0.466 e. The van der Waals surface area contributed by atoms with E-state index in [2.05, 4.69) is 16.3 Å². The van der Waals surface area contributed by atoms with Gasteiger partial charge in [-0.3, -0.25) is 14.5 Å². The van der Waals surface area contributed by atoms with Crippen LogP contribution in [0, 0.1) is 17.2 Å². The van der Waals surface area contributed by atoms with Crippen LogP contribution in [-0.4, -0.2) is 48.6 Å². The summed E-state index contributed by atoms with van der Waals surface area (Å²) in [7, 11) is 0. The Labute approximate surface area is 144 Å². The summed E-state index contributed by atoms with van der Waals surface area (Å²) >= 11 is 0. The summed E-state index contributed by atoms with van der Waals surface area (Å²) in [5.41, 5.74) is -0.684. The molecule has 0 bridgehead atoms. The highest BCUT2D eigenvalue weighted by atomic mass is 16.5. The fraction of sp³-hybridized carbons (Fsp3) is 0.833. The molecule has 1 N–H and O–H groups in total. The van der Waals surface area contributed by atoms with E-state index in [1.165, 1.54) is 0 Å². The normalized spacial score (nSPS) is 22.2. The van der Waals surface area contributed by atoms with Crippen molar-refractivity contribution in [2.45, 2.75) is 63.8 Å². The summed E-state index contributed by atoms with van der Waals surface area (Å²) in [6.45, 7) is 3.97. The van der Waals surface area contributed by atoms with Crippen molar-refractivity contribution < 1.29 is 14.3 Å². The van der Waals surface area contributed by atoms with E-state index in [0.717, 1.165) is 64.5 Å². The van der Waals surface area contributed by atoms with Gasteiger partial charge in [-0.15, -0.1) is 0 Å². The van der Waals surface area contributed by atoms with Gasteiger partial charge in [0.2, 0.25) is 5.91 Å². The number of esters is 1. The average Bonchev–Trinajstić information content (AvgIpc) is 2.81. The smallest absolute Gasteiger partial charge is 0.309 e. The number of carbonyl (C=O) groups excluding carboxylic acids is 2. The Morgan fingerprint density at radius 2 is 1.83 bits per heavy atom. The molecule has 0 aromatic rings. The van der Waals surface area contributed by atoms with Crippen LogP contribution in [0.15, 0.2) is 0 Å². The molecule has 1 saturated carbocycles. The lowest BCUT2D eigenvalue weighted by Crippen LogP contribution is -2.51. The third-order valence-corrected chi connectivity index (χ3v) is 5.12. The highest BCUT2D eigenvalue weighted by Crippen LogP contribution is 2.26. The fourth-order valence-electron chi connectivity index (χ4n) is 3.69. The van der Waals surface area contributed by atoms with E-state index in [4.69, 9.17) is 4.74 Å². The lowest BCUT2D eigenvalue weighted by atomic mass is 9.91. The Morgan fingerprint density at radius 3 is 2.38 bits per heavy atom. The van der Waals surface area contributed by atoms with Crippen LogP contribution in [0.4, 0.5) is 0 Å². The fourth-order valence-corrected chi connectivity index (χ4v) is 3.69. The van der Waals surface area contributed by atoms with E-state index in [-0.39, 0.29) is 17.8 Å². The van der Waals surface area contributed by atoms with Crippen molar-refractivity contribution in [1.29, 1.82) is 5.26 Å². The topological polar surface area (TPSA) is 82.4 Å². The summed E-state index contributed by atoms with van der Waals surface area (Å²) in [6.07, 6.45) is 7.24. The van der Waals surface area contributed by atoms with Crippen molar-refractivity contribution in [2.75, 3.05) is 26.2 Å². The molecule has 0 radical (unpaired) electrons. The van der Waals surface area contributed by atoms with Crippen molar-refractivity contribution in [3.05, 3.63) is 0 Å². The number of rotatable bonds is 5. The van der Waals surface area contributed by atoms with E-state index in [1.54, 1.807) is 0 Å². The summed E-state index contributed by atoms with van der Waals surface area (Å²) in [6, 6.07) is 2.35. The molecule has 0 aromatic carbocycles. The van der Waals surface area contributed by atoms with Crippen molar-refractivity contribution >= 4 is 11.9 Å². The third kappa shape index (κ3) is 5.20. The number of amides is 1. The number of likely N-dealkylation sites (tertiary alicyclic amines) is 1. The Bertz CT molecular complexity index is 470. The van der Waals surface area contributed by atoms with Gasteiger partial charge in [-0.25, -0.2) is 0 Å². The van der Waals surface area contributed by atoms with Crippen LogP contribution in [0.5, 0.6) is 0 Å². The predicted molar refractivity (Wildman–Crippen MR) is 90.0 cm³/mol. The maximum atomic E-state index is 12.4. The molecule has 0 unspecified atom stereocenters. The predicted octanol–water partition coefficient (Wildman–Crippen LogP) is 1.99. The maximum Gasteiger partial charge on any atom is 0.309 e. The number of hydrogen-bond acceptors (Lipinski definition) is 5. The minimum atomic E-state index is -0.684. The van der Waals surface area contributed by atoms with Gasteiger partial charge in [0, 0.05) is 0 Å². The highest BCUT2D eigenvalue weighted by Gasteiger charge is 2.33. The lowest BCUT2D eigenvalue weighted by molar-refractivity contribution is -0.149. The monoisotopic (exact) mass is 335 g/mol. The number of carbonyl (C=O) groups is 2. The molecule has 2 fully saturated rings. The average molecular weight is 335 g/mol. The Hall–Kier alpha value is -1.61. The van der Waals surface area contributed by atoms with Crippen LogP contribution in [0.25, 0.3) is 0 Å². The number of ether oxygens (including phenoxy) is 1. The second-order valence-corrected chi connectivity index (χ2v) is 6.96. The Balaban J connectivity index is 1.79. The lowest BCUT2D eigenvalue weighted by Gasteiger charge is -2.32. The van der Waals surface area contributed by atoms with Crippen LogP contribution >= 0.6 is 0 Å². The minimum absolute atomic E-state index is 0.0448. The number of nitriles is 1. The van der Waals surface area contributed by atoms with Crippen molar-refractivity contribution in [3.8, 4) is 6.07 Å². The van der Waals surface area contributed by atoms with Gasteiger partial charge >= 0.3 is 5.97 Å². The summed E-state index contributed by atoms with van der Waals surface area (Å²) < 4.78 is 5.07. The van der Waals surface area contributed by atoms with Gasteiger partial charge in [0.05, 0.1) is 25.1 Å². The van der Waals surface area contributed by atoms with Crippen LogP contribution in [-0.2, 0) is 14.3 Å². The Morgan fingerprint density at radius 1 is 1.21 bits per heavy atom. The van der Waals surface area contributed by atoms with Gasteiger partial charge in [-0.2, -0.15) is 5.26 Å². The SMILES string of the molecule is CCOC(=O)C1CCN(CC(=O)NC2(C#N)CCCCCC2)CC1. The van der Waals surface area contributed by atoms with E-state index in [1.807, 2.05) is 6.92 Å².